The van der Waals surface area contributed by atoms with Crippen LogP contribution in [0.1, 0.15) is 22.3 Å². The molecule has 3 N–H and O–H groups in total. The molecule has 1 atom stereocenters. The smallest absolute Gasteiger partial charge is 0.350 e. The van der Waals surface area contributed by atoms with Gasteiger partial charge in [0.25, 0.3) is 12.9 Å². The van der Waals surface area contributed by atoms with Gasteiger partial charge in [-0.2, -0.15) is 9.78 Å². The zero-order valence-corrected chi connectivity index (χ0v) is 19.6. The van der Waals surface area contributed by atoms with Crippen LogP contribution >= 0.6 is 11.3 Å². The van der Waals surface area contributed by atoms with Crippen molar-refractivity contribution in [1.82, 2.24) is 19.3 Å². The molecule has 0 fully saturated rings. The summed E-state index contributed by atoms with van der Waals surface area (Å²) in [5, 5.41) is 10.8. The Bertz CT molecular complexity index is 1440. The number of rotatable bonds is 7. The van der Waals surface area contributed by atoms with Crippen LogP contribution in [-0.4, -0.2) is 37.3 Å². The molecule has 0 saturated carbocycles. The van der Waals surface area contributed by atoms with Crippen molar-refractivity contribution >= 4 is 17.8 Å². The van der Waals surface area contributed by atoms with Crippen LogP contribution in [0.25, 0.3) is 5.69 Å². The first-order chi connectivity index (χ1) is 17.6. The monoisotopic (exact) mass is 543 g/mol. The van der Waals surface area contributed by atoms with Gasteiger partial charge in [-0.05, 0) is 31.2 Å². The second-order valence-electron chi connectivity index (χ2n) is 7.26. The van der Waals surface area contributed by atoms with Gasteiger partial charge >= 0.3 is 5.69 Å². The SMILES string of the molecule is Cc1nc(C(N)C(F)F)sc1Oc1ccc(-n2ncn(Cc3c(F)cccc3F)c2=O)cc1F.O=CO. The Morgan fingerprint density at radius 1 is 1.16 bits per heavy atom. The molecule has 2 aromatic carbocycles. The number of halogens is 5. The van der Waals surface area contributed by atoms with Crippen LogP contribution < -0.4 is 16.2 Å². The highest BCUT2D eigenvalue weighted by Crippen LogP contribution is 2.36. The predicted octanol–water partition coefficient (Wildman–Crippen LogP) is 4.02. The Kier molecular flexibility index (Phi) is 8.73. The Labute approximate surface area is 209 Å². The summed E-state index contributed by atoms with van der Waals surface area (Å²) in [5.74, 6) is -2.74. The normalized spacial score (nSPS) is 11.7. The molecule has 4 aromatic rings. The number of aryl methyl sites for hydroxylation is 1. The summed E-state index contributed by atoms with van der Waals surface area (Å²) in [4.78, 5) is 24.9. The molecule has 0 saturated heterocycles. The van der Waals surface area contributed by atoms with Crippen LogP contribution in [0, 0.1) is 24.4 Å². The molecule has 196 valence electrons. The van der Waals surface area contributed by atoms with Gasteiger partial charge in [0.1, 0.15) is 29.0 Å². The number of carboxylic acid groups (broad SMARTS) is 1. The van der Waals surface area contributed by atoms with E-state index in [-0.39, 0.29) is 39.2 Å². The van der Waals surface area contributed by atoms with Crippen LogP contribution in [-0.2, 0) is 11.3 Å². The Morgan fingerprint density at radius 2 is 1.81 bits per heavy atom. The van der Waals surface area contributed by atoms with Gasteiger partial charge in [-0.15, -0.1) is 0 Å². The average molecular weight is 543 g/mol. The van der Waals surface area contributed by atoms with E-state index in [2.05, 4.69) is 10.1 Å². The molecule has 9 nitrogen and oxygen atoms in total. The van der Waals surface area contributed by atoms with E-state index in [1.165, 1.54) is 25.1 Å². The lowest BCUT2D eigenvalue weighted by Crippen LogP contribution is -2.24. The Morgan fingerprint density at radius 3 is 2.41 bits per heavy atom. The fraction of sp³-hybridized carbons (Fsp3) is 0.182. The standard InChI is InChI=1S/C21H16F5N5O2S.CH2O2/c1-10-20(34-19(29-10)17(27)18(25)26)33-16-6-5-11(7-15(16)24)31-21(32)30(9-28-31)8-12-13(22)3-2-4-14(12)23;2-1-3/h2-7,9,17-18H,8,27H2,1H3;1H,(H,2,3). The molecule has 0 aliphatic rings. The largest absolute Gasteiger partial charge is 0.483 e. The number of nitrogens with two attached hydrogens (primary N) is 1. The summed E-state index contributed by atoms with van der Waals surface area (Å²) in [7, 11) is 0. The molecule has 2 heterocycles. The first kappa shape index (κ1) is 27.5. The lowest BCUT2D eigenvalue weighted by molar-refractivity contribution is -0.122. The van der Waals surface area contributed by atoms with Crippen LogP contribution in [0.15, 0.2) is 47.5 Å². The van der Waals surface area contributed by atoms with E-state index >= 15 is 0 Å². The minimum atomic E-state index is -2.82. The topological polar surface area (TPSA) is 125 Å². The van der Waals surface area contributed by atoms with Crippen LogP contribution in [0.2, 0.25) is 0 Å². The van der Waals surface area contributed by atoms with Gasteiger partial charge in [-0.25, -0.2) is 31.7 Å². The highest BCUT2D eigenvalue weighted by atomic mass is 32.1. The average Bonchev–Trinajstić information content (AvgIpc) is 3.39. The summed E-state index contributed by atoms with van der Waals surface area (Å²) in [6, 6.07) is 5.28. The molecular weight excluding hydrogens is 525 g/mol. The second-order valence-corrected chi connectivity index (χ2v) is 8.25. The van der Waals surface area contributed by atoms with Crippen molar-refractivity contribution < 1.29 is 36.6 Å². The van der Waals surface area contributed by atoms with Crippen molar-refractivity contribution in [2.45, 2.75) is 25.9 Å². The lowest BCUT2D eigenvalue weighted by atomic mass is 10.2. The predicted molar refractivity (Wildman–Crippen MR) is 122 cm³/mol. The fourth-order valence-corrected chi connectivity index (χ4v) is 3.96. The summed E-state index contributed by atoms with van der Waals surface area (Å²) < 4.78 is 75.4. The van der Waals surface area contributed by atoms with Crippen molar-refractivity contribution in [1.29, 1.82) is 0 Å². The van der Waals surface area contributed by atoms with Crippen molar-refractivity contribution in [3.8, 4) is 16.5 Å². The molecule has 0 bridgehead atoms. The number of alkyl halides is 2. The summed E-state index contributed by atoms with van der Waals surface area (Å²) in [6.07, 6.45) is -1.74. The highest BCUT2D eigenvalue weighted by Gasteiger charge is 2.24. The molecule has 0 radical (unpaired) electrons. The number of hydrogen-bond donors (Lipinski definition) is 2. The molecule has 0 aliphatic heterocycles. The van der Waals surface area contributed by atoms with Gasteiger partial charge in [0.05, 0.1) is 17.9 Å². The third-order valence-corrected chi connectivity index (χ3v) is 5.95. The van der Waals surface area contributed by atoms with E-state index in [1.54, 1.807) is 0 Å². The van der Waals surface area contributed by atoms with Crippen LogP contribution in [0.4, 0.5) is 22.0 Å². The lowest BCUT2D eigenvalue weighted by Gasteiger charge is -2.07. The maximum Gasteiger partial charge on any atom is 0.350 e. The minimum absolute atomic E-state index is 0.0315. The number of nitrogens with zero attached hydrogens (tertiary/aromatic N) is 4. The summed E-state index contributed by atoms with van der Waals surface area (Å²) in [5.41, 5.74) is 4.62. The zero-order valence-electron chi connectivity index (χ0n) is 18.8. The van der Waals surface area contributed by atoms with Gasteiger partial charge < -0.3 is 15.6 Å². The first-order valence-corrected chi connectivity index (χ1v) is 11.0. The zero-order chi connectivity index (χ0) is 27.3. The minimum Gasteiger partial charge on any atom is -0.483 e. The maximum atomic E-state index is 14.7. The number of hydrogen-bond acceptors (Lipinski definition) is 7. The molecule has 0 aliphatic carbocycles. The Balaban J connectivity index is 0.00000121. The fourth-order valence-electron chi connectivity index (χ4n) is 3.03. The third-order valence-electron chi connectivity index (χ3n) is 4.81. The van der Waals surface area contributed by atoms with Crippen LogP contribution in [0.5, 0.6) is 10.8 Å². The van der Waals surface area contributed by atoms with E-state index in [0.29, 0.717) is 0 Å². The number of thiazole rings is 1. The number of carbonyl (C=O) groups is 1. The van der Waals surface area contributed by atoms with Crippen LogP contribution in [0.3, 0.4) is 0 Å². The summed E-state index contributed by atoms with van der Waals surface area (Å²) in [6.45, 7) is 0.846. The van der Waals surface area contributed by atoms with Gasteiger partial charge in [0, 0.05) is 11.6 Å². The Hall–Kier alpha value is -4.11. The summed E-state index contributed by atoms with van der Waals surface area (Å²) >= 11 is 0.772. The third kappa shape index (κ3) is 6.18. The highest BCUT2D eigenvalue weighted by molar-refractivity contribution is 7.13. The van der Waals surface area contributed by atoms with E-state index in [1.807, 2.05) is 0 Å². The van der Waals surface area contributed by atoms with E-state index in [9.17, 15) is 26.7 Å². The van der Waals surface area contributed by atoms with E-state index in [0.717, 1.165) is 45.1 Å². The molecule has 15 heteroatoms. The molecule has 2 aromatic heterocycles. The van der Waals surface area contributed by atoms with Crippen molar-refractivity contribution in [2.24, 2.45) is 5.73 Å². The van der Waals surface area contributed by atoms with Gasteiger partial charge in [-0.1, -0.05) is 17.4 Å². The number of benzene rings is 2. The van der Waals surface area contributed by atoms with Gasteiger partial charge in [0.15, 0.2) is 11.6 Å². The van der Waals surface area contributed by atoms with Crippen molar-refractivity contribution in [3.63, 3.8) is 0 Å². The van der Waals surface area contributed by atoms with Crippen molar-refractivity contribution in [3.05, 3.63) is 86.9 Å². The maximum absolute atomic E-state index is 14.7. The van der Waals surface area contributed by atoms with E-state index in [4.69, 9.17) is 20.4 Å². The van der Waals surface area contributed by atoms with Gasteiger partial charge in [-0.3, -0.25) is 9.36 Å². The quantitative estimate of drug-likeness (QED) is 0.266. The number of ether oxygens (including phenoxy) is 1. The molecule has 4 rings (SSSR count). The molecule has 1 unspecified atom stereocenters. The van der Waals surface area contributed by atoms with Crippen molar-refractivity contribution in [2.75, 3.05) is 0 Å². The molecule has 0 spiro atoms. The number of aromatic nitrogens is 4. The first-order valence-electron chi connectivity index (χ1n) is 10.2. The molecule has 37 heavy (non-hydrogen) atoms. The molecule has 0 amide bonds. The molecular formula is C22H18F5N5O4S. The van der Waals surface area contributed by atoms with E-state index < -0.39 is 42.2 Å². The van der Waals surface area contributed by atoms with Gasteiger partial charge in [0.2, 0.25) is 5.06 Å². The second kappa shape index (κ2) is 11.7.